The normalized spacial score (nSPS) is 14.7. The highest BCUT2D eigenvalue weighted by molar-refractivity contribution is 9.10. The minimum absolute atomic E-state index is 0.0390. The summed E-state index contributed by atoms with van der Waals surface area (Å²) in [5.74, 6) is -0.670. The van der Waals surface area contributed by atoms with Crippen LogP contribution in [-0.4, -0.2) is 46.6 Å². The summed E-state index contributed by atoms with van der Waals surface area (Å²) in [5.41, 5.74) is 1.18. The quantitative estimate of drug-likeness (QED) is 0.533. The first kappa shape index (κ1) is 20.6. The molecule has 1 saturated heterocycles. The highest BCUT2D eigenvalue weighted by atomic mass is 79.9. The number of amides is 1. The fourth-order valence-electron chi connectivity index (χ4n) is 3.26. The number of hydrogen-bond donors (Lipinski definition) is 2. The average molecular weight is 491 g/mol. The van der Waals surface area contributed by atoms with Crippen molar-refractivity contribution >= 4 is 37.5 Å². The molecular weight excluding hydrogens is 472 g/mol. The number of sulfonamides is 1. The molecule has 1 aliphatic rings. The Morgan fingerprint density at radius 2 is 1.80 bits per heavy atom. The SMILES string of the molecule is O=C(Nc1cc(S(=O)(=O)N2CCCC2)ccc1O)c1ccc(-n2cc(Br)cn2)cc1. The van der Waals surface area contributed by atoms with E-state index in [1.54, 1.807) is 41.3 Å². The molecule has 0 aliphatic carbocycles. The van der Waals surface area contributed by atoms with E-state index in [0.717, 1.165) is 23.0 Å². The lowest BCUT2D eigenvalue weighted by molar-refractivity contribution is 0.102. The summed E-state index contributed by atoms with van der Waals surface area (Å²) in [4.78, 5) is 12.7. The van der Waals surface area contributed by atoms with Crippen LogP contribution in [0.1, 0.15) is 23.2 Å². The molecule has 156 valence electrons. The predicted molar refractivity (Wildman–Crippen MR) is 115 cm³/mol. The van der Waals surface area contributed by atoms with E-state index in [2.05, 4.69) is 26.3 Å². The Balaban J connectivity index is 1.54. The fourth-order valence-corrected chi connectivity index (χ4v) is 5.08. The predicted octanol–water partition coefficient (Wildman–Crippen LogP) is 3.38. The standard InChI is InChI=1S/C20H19BrN4O4S/c21-15-12-22-25(13-15)16-5-3-14(4-6-16)20(27)23-18-11-17(7-8-19(18)26)30(28,29)24-9-1-2-10-24/h3-8,11-13,26H,1-2,9-10H2,(H,23,27). The van der Waals surface area contributed by atoms with Gasteiger partial charge in [0.15, 0.2) is 0 Å². The van der Waals surface area contributed by atoms with Crippen LogP contribution in [0.4, 0.5) is 5.69 Å². The lowest BCUT2D eigenvalue weighted by Gasteiger charge is -2.16. The third-order valence-electron chi connectivity index (χ3n) is 4.86. The summed E-state index contributed by atoms with van der Waals surface area (Å²) in [6.45, 7) is 0.953. The average Bonchev–Trinajstić information content (AvgIpc) is 3.42. The monoisotopic (exact) mass is 490 g/mol. The van der Waals surface area contributed by atoms with Crippen LogP contribution in [0.15, 0.2) is 64.2 Å². The molecule has 0 atom stereocenters. The molecule has 0 saturated carbocycles. The van der Waals surface area contributed by atoms with Gasteiger partial charge in [-0.2, -0.15) is 9.40 Å². The van der Waals surface area contributed by atoms with Crippen LogP contribution in [0.2, 0.25) is 0 Å². The summed E-state index contributed by atoms with van der Waals surface area (Å²) in [6, 6.07) is 10.6. The lowest BCUT2D eigenvalue weighted by atomic mass is 10.2. The van der Waals surface area contributed by atoms with Crippen LogP contribution >= 0.6 is 15.9 Å². The van der Waals surface area contributed by atoms with Gasteiger partial charge in [0, 0.05) is 24.8 Å². The molecule has 1 amide bonds. The maximum atomic E-state index is 12.7. The zero-order chi connectivity index (χ0) is 21.3. The van der Waals surface area contributed by atoms with Gasteiger partial charge >= 0.3 is 0 Å². The Kier molecular flexibility index (Phi) is 5.63. The molecule has 0 bridgehead atoms. The maximum Gasteiger partial charge on any atom is 0.255 e. The first-order valence-electron chi connectivity index (χ1n) is 9.30. The zero-order valence-electron chi connectivity index (χ0n) is 15.8. The molecule has 0 radical (unpaired) electrons. The number of hydrogen-bond acceptors (Lipinski definition) is 5. The Labute approximate surface area is 182 Å². The van der Waals surface area contributed by atoms with Gasteiger partial charge in [-0.3, -0.25) is 4.79 Å². The Hall–Kier alpha value is -2.69. The van der Waals surface area contributed by atoms with Crippen LogP contribution in [-0.2, 0) is 10.0 Å². The van der Waals surface area contributed by atoms with Crippen molar-refractivity contribution in [3.8, 4) is 11.4 Å². The van der Waals surface area contributed by atoms with Gasteiger partial charge in [0.25, 0.3) is 5.91 Å². The van der Waals surface area contributed by atoms with E-state index in [1.807, 2.05) is 0 Å². The highest BCUT2D eigenvalue weighted by Gasteiger charge is 2.28. The molecule has 0 unspecified atom stereocenters. The number of phenolic OH excluding ortho intramolecular Hbond substituents is 1. The minimum Gasteiger partial charge on any atom is -0.506 e. The molecule has 1 aliphatic heterocycles. The number of rotatable bonds is 5. The van der Waals surface area contributed by atoms with Crippen molar-refractivity contribution in [2.24, 2.45) is 0 Å². The minimum atomic E-state index is -3.66. The van der Waals surface area contributed by atoms with Gasteiger partial charge in [0.05, 0.1) is 26.9 Å². The third-order valence-corrected chi connectivity index (χ3v) is 7.17. The summed E-state index contributed by atoms with van der Waals surface area (Å²) in [7, 11) is -3.66. The fraction of sp³-hybridized carbons (Fsp3) is 0.200. The third kappa shape index (κ3) is 4.11. The van der Waals surface area contributed by atoms with Crippen molar-refractivity contribution in [2.75, 3.05) is 18.4 Å². The topological polar surface area (TPSA) is 105 Å². The number of nitrogens with zero attached hydrogens (tertiary/aromatic N) is 3. The second-order valence-electron chi connectivity index (χ2n) is 6.89. The molecular formula is C20H19BrN4O4S. The van der Waals surface area contributed by atoms with Crippen molar-refractivity contribution in [3.05, 3.63) is 64.9 Å². The van der Waals surface area contributed by atoms with E-state index in [9.17, 15) is 18.3 Å². The molecule has 2 heterocycles. The number of anilines is 1. The Morgan fingerprint density at radius 1 is 1.10 bits per heavy atom. The van der Waals surface area contributed by atoms with Gasteiger partial charge in [-0.1, -0.05) is 0 Å². The molecule has 0 spiro atoms. The van der Waals surface area contributed by atoms with E-state index in [0.29, 0.717) is 18.7 Å². The summed E-state index contributed by atoms with van der Waals surface area (Å²) in [6.07, 6.45) is 5.10. The van der Waals surface area contributed by atoms with E-state index in [1.165, 1.54) is 22.5 Å². The van der Waals surface area contributed by atoms with Crippen LogP contribution in [0.5, 0.6) is 5.75 Å². The number of phenols is 1. The second kappa shape index (κ2) is 8.21. The van der Waals surface area contributed by atoms with Gasteiger partial charge in [0.2, 0.25) is 10.0 Å². The number of nitrogens with one attached hydrogen (secondary N) is 1. The Morgan fingerprint density at radius 3 is 2.43 bits per heavy atom. The molecule has 30 heavy (non-hydrogen) atoms. The van der Waals surface area contributed by atoms with Crippen molar-refractivity contribution in [1.29, 1.82) is 0 Å². The van der Waals surface area contributed by atoms with E-state index in [-0.39, 0.29) is 16.3 Å². The highest BCUT2D eigenvalue weighted by Crippen LogP contribution is 2.29. The molecule has 2 N–H and O–H groups in total. The summed E-state index contributed by atoms with van der Waals surface area (Å²) >= 11 is 3.34. The van der Waals surface area contributed by atoms with E-state index < -0.39 is 15.9 Å². The van der Waals surface area contributed by atoms with Gasteiger partial charge in [-0.25, -0.2) is 13.1 Å². The first-order chi connectivity index (χ1) is 14.3. The van der Waals surface area contributed by atoms with Crippen molar-refractivity contribution in [2.45, 2.75) is 17.7 Å². The Bertz CT molecular complexity index is 1190. The molecule has 10 heteroatoms. The van der Waals surface area contributed by atoms with Gasteiger partial charge < -0.3 is 10.4 Å². The first-order valence-corrected chi connectivity index (χ1v) is 11.5. The van der Waals surface area contributed by atoms with Gasteiger partial charge in [-0.15, -0.1) is 0 Å². The van der Waals surface area contributed by atoms with Crippen molar-refractivity contribution < 1.29 is 18.3 Å². The largest absolute Gasteiger partial charge is 0.506 e. The molecule has 1 aromatic heterocycles. The molecule has 4 rings (SSSR count). The zero-order valence-corrected chi connectivity index (χ0v) is 18.2. The number of aromatic nitrogens is 2. The van der Waals surface area contributed by atoms with Crippen LogP contribution in [0, 0.1) is 0 Å². The van der Waals surface area contributed by atoms with Gasteiger partial charge in [0.1, 0.15) is 5.75 Å². The van der Waals surface area contributed by atoms with E-state index in [4.69, 9.17) is 0 Å². The maximum absolute atomic E-state index is 12.7. The number of benzene rings is 2. The molecule has 8 nitrogen and oxygen atoms in total. The number of carbonyl (C=O) groups is 1. The van der Waals surface area contributed by atoms with E-state index >= 15 is 0 Å². The van der Waals surface area contributed by atoms with Gasteiger partial charge in [-0.05, 0) is 71.2 Å². The van der Waals surface area contributed by atoms with Crippen LogP contribution in [0.25, 0.3) is 5.69 Å². The van der Waals surface area contributed by atoms with Crippen molar-refractivity contribution in [1.82, 2.24) is 14.1 Å². The summed E-state index contributed by atoms with van der Waals surface area (Å²) < 4.78 is 29.4. The van der Waals surface area contributed by atoms with Crippen molar-refractivity contribution in [3.63, 3.8) is 0 Å². The molecule has 3 aromatic rings. The second-order valence-corrected chi connectivity index (χ2v) is 9.75. The lowest BCUT2D eigenvalue weighted by Crippen LogP contribution is -2.28. The molecule has 2 aromatic carbocycles. The number of aromatic hydroxyl groups is 1. The van der Waals surface area contributed by atoms with Crippen LogP contribution in [0.3, 0.4) is 0 Å². The summed E-state index contributed by atoms with van der Waals surface area (Å²) in [5, 5.41) is 16.9. The smallest absolute Gasteiger partial charge is 0.255 e. The number of carbonyl (C=O) groups excluding carboxylic acids is 1. The molecule has 1 fully saturated rings. The number of halogens is 1. The van der Waals surface area contributed by atoms with Crippen LogP contribution < -0.4 is 5.32 Å².